The molecule has 4 rings (SSSR count). The van der Waals surface area contributed by atoms with Crippen LogP contribution in [0.4, 0.5) is 33.5 Å². The van der Waals surface area contributed by atoms with E-state index in [-0.39, 0.29) is 6.03 Å². The molecule has 3 aromatic carbocycles. The van der Waals surface area contributed by atoms with Gasteiger partial charge in [0.2, 0.25) is 0 Å². The van der Waals surface area contributed by atoms with Crippen molar-refractivity contribution in [1.82, 2.24) is 9.97 Å². The van der Waals surface area contributed by atoms with Gasteiger partial charge in [-0.25, -0.2) is 14.8 Å². The molecule has 0 aliphatic carbocycles. The topological polar surface area (TPSA) is 82.2 Å². The van der Waals surface area contributed by atoms with Gasteiger partial charge in [-0.05, 0) is 67.9 Å². The van der Waals surface area contributed by atoms with Crippen LogP contribution < -0.4 is 20.9 Å². The van der Waals surface area contributed by atoms with Crippen LogP contribution in [0.2, 0.25) is 0 Å². The average molecular weight is 441 g/mol. The van der Waals surface area contributed by atoms with Crippen LogP contribution >= 0.6 is 0 Å². The highest BCUT2D eigenvalue weighted by Crippen LogP contribution is 2.22. The van der Waals surface area contributed by atoms with Gasteiger partial charge in [0.25, 0.3) is 0 Å². The molecular weight excluding hydrogens is 412 g/mol. The molecule has 1 aromatic heterocycles. The first-order chi connectivity index (χ1) is 16.0. The molecule has 0 aliphatic heterocycles. The number of carbonyl (C=O) groups is 1. The van der Waals surface area contributed by atoms with Crippen molar-refractivity contribution in [2.45, 2.75) is 20.8 Å². The minimum Gasteiger partial charge on any atom is -0.357 e. The van der Waals surface area contributed by atoms with E-state index < -0.39 is 0 Å². The average Bonchev–Trinajstić information content (AvgIpc) is 2.81. The Morgan fingerprint density at radius 1 is 0.788 bits per heavy atom. The number of nitrogens with one attached hydrogen (secondary N) is 3. The van der Waals surface area contributed by atoms with E-state index in [0.717, 1.165) is 46.9 Å². The monoisotopic (exact) mass is 440 g/mol. The van der Waals surface area contributed by atoms with Crippen LogP contribution in [0.5, 0.6) is 0 Å². The van der Waals surface area contributed by atoms with E-state index in [0.29, 0.717) is 11.5 Å². The number of hydrogen-bond acceptors (Lipinski definition) is 5. The summed E-state index contributed by atoms with van der Waals surface area (Å²) in [6, 6.07) is 23.0. The van der Waals surface area contributed by atoms with Crippen molar-refractivity contribution in [3.63, 3.8) is 0 Å². The minimum absolute atomic E-state index is 0.290. The highest BCUT2D eigenvalue weighted by Gasteiger charge is 2.08. The first kappa shape index (κ1) is 22.1. The van der Waals surface area contributed by atoms with E-state index >= 15 is 0 Å². The van der Waals surface area contributed by atoms with Crippen LogP contribution in [0.3, 0.4) is 0 Å². The highest BCUT2D eigenvalue weighted by molar-refractivity contribution is 6.01. The number of aryl methyl sites for hydroxylation is 1. The molecule has 7 heteroatoms. The fourth-order valence-corrected chi connectivity index (χ4v) is 3.67. The molecule has 4 aromatic rings. The molecule has 0 saturated heterocycles. The van der Waals surface area contributed by atoms with Crippen LogP contribution in [-0.2, 0) is 0 Å². The highest BCUT2D eigenvalue weighted by atomic mass is 16.2. The van der Waals surface area contributed by atoms with Crippen molar-refractivity contribution in [2.24, 2.45) is 0 Å². The number of fused-ring (bicyclic) bond motifs is 1. The first-order valence-corrected chi connectivity index (χ1v) is 11.1. The SMILES string of the molecule is CCN(CC)c1cc(Nc2ccc(NC(=O)Nc3ccc4ccccc4c3)cc2)nc(C)n1. The van der Waals surface area contributed by atoms with Crippen molar-refractivity contribution in [1.29, 1.82) is 0 Å². The molecule has 33 heavy (non-hydrogen) atoms. The van der Waals surface area contributed by atoms with Gasteiger partial charge in [0, 0.05) is 36.2 Å². The molecule has 168 valence electrons. The van der Waals surface area contributed by atoms with E-state index in [4.69, 9.17) is 0 Å². The zero-order chi connectivity index (χ0) is 23.2. The summed E-state index contributed by atoms with van der Waals surface area (Å²) < 4.78 is 0. The number of nitrogens with zero attached hydrogens (tertiary/aromatic N) is 3. The lowest BCUT2D eigenvalue weighted by atomic mass is 10.1. The molecule has 0 atom stereocenters. The lowest BCUT2D eigenvalue weighted by Crippen LogP contribution is -2.23. The van der Waals surface area contributed by atoms with Crippen molar-refractivity contribution < 1.29 is 4.79 Å². The molecule has 0 saturated carbocycles. The fraction of sp³-hybridized carbons (Fsp3) is 0.192. The van der Waals surface area contributed by atoms with Gasteiger partial charge in [-0.3, -0.25) is 0 Å². The van der Waals surface area contributed by atoms with E-state index in [9.17, 15) is 4.79 Å². The zero-order valence-electron chi connectivity index (χ0n) is 19.1. The molecular formula is C26H28N6O. The summed E-state index contributed by atoms with van der Waals surface area (Å²) >= 11 is 0. The molecule has 1 heterocycles. The quantitative estimate of drug-likeness (QED) is 0.320. The normalized spacial score (nSPS) is 10.6. The Hall–Kier alpha value is -4.13. The molecule has 2 amide bonds. The summed E-state index contributed by atoms with van der Waals surface area (Å²) in [6.07, 6.45) is 0. The van der Waals surface area contributed by atoms with Crippen molar-refractivity contribution in [3.8, 4) is 0 Å². The summed E-state index contributed by atoms with van der Waals surface area (Å²) in [5.41, 5.74) is 2.31. The van der Waals surface area contributed by atoms with E-state index in [1.165, 1.54) is 0 Å². The Kier molecular flexibility index (Phi) is 6.69. The number of carbonyl (C=O) groups excluding carboxylic acids is 1. The van der Waals surface area contributed by atoms with Crippen LogP contribution in [-0.4, -0.2) is 29.1 Å². The van der Waals surface area contributed by atoms with Crippen LogP contribution in [0.15, 0.2) is 72.8 Å². The Bertz CT molecular complexity index is 1250. The fourth-order valence-electron chi connectivity index (χ4n) is 3.67. The predicted octanol–water partition coefficient (Wildman–Crippen LogP) is 6.17. The Morgan fingerprint density at radius 3 is 2.15 bits per heavy atom. The van der Waals surface area contributed by atoms with Gasteiger partial charge in [-0.2, -0.15) is 0 Å². The third-order valence-electron chi connectivity index (χ3n) is 5.33. The van der Waals surface area contributed by atoms with Gasteiger partial charge in [0.1, 0.15) is 17.5 Å². The van der Waals surface area contributed by atoms with Crippen LogP contribution in [0.1, 0.15) is 19.7 Å². The number of hydrogen-bond donors (Lipinski definition) is 3. The number of amides is 2. The van der Waals surface area contributed by atoms with Crippen molar-refractivity contribution in [2.75, 3.05) is 33.9 Å². The molecule has 3 N–H and O–H groups in total. The summed E-state index contributed by atoms with van der Waals surface area (Å²) in [7, 11) is 0. The Balaban J connectivity index is 1.39. The second-order valence-electron chi connectivity index (χ2n) is 7.67. The zero-order valence-corrected chi connectivity index (χ0v) is 19.1. The van der Waals surface area contributed by atoms with E-state index in [2.05, 4.69) is 44.7 Å². The number of benzene rings is 3. The minimum atomic E-state index is -0.290. The molecule has 0 radical (unpaired) electrons. The maximum Gasteiger partial charge on any atom is 0.323 e. The van der Waals surface area contributed by atoms with Crippen molar-refractivity contribution >= 4 is 45.5 Å². The molecule has 7 nitrogen and oxygen atoms in total. The molecule has 0 unspecified atom stereocenters. The molecule has 0 fully saturated rings. The van der Waals surface area contributed by atoms with E-state index in [1.54, 1.807) is 0 Å². The summed E-state index contributed by atoms with van der Waals surface area (Å²) in [5, 5.41) is 11.3. The maximum absolute atomic E-state index is 12.4. The first-order valence-electron chi connectivity index (χ1n) is 11.1. The predicted molar refractivity (Wildman–Crippen MR) is 137 cm³/mol. The van der Waals surface area contributed by atoms with Gasteiger partial charge in [-0.15, -0.1) is 0 Å². The number of aromatic nitrogens is 2. The van der Waals surface area contributed by atoms with Gasteiger partial charge in [-0.1, -0.05) is 30.3 Å². The maximum atomic E-state index is 12.4. The Morgan fingerprint density at radius 2 is 1.42 bits per heavy atom. The second kappa shape index (κ2) is 9.99. The standard InChI is InChI=1S/C26H28N6O/c1-4-32(5-2)25-17-24(27-18(3)28-25)29-21-12-14-22(15-13-21)30-26(33)31-23-11-10-19-8-6-7-9-20(19)16-23/h6-17H,4-5H2,1-3H3,(H,27,28,29)(H2,30,31,33). The summed E-state index contributed by atoms with van der Waals surface area (Å²) in [4.78, 5) is 23.6. The number of anilines is 5. The van der Waals surface area contributed by atoms with Gasteiger partial charge in [0.15, 0.2) is 0 Å². The lowest BCUT2D eigenvalue weighted by molar-refractivity contribution is 0.262. The molecule has 0 aliphatic rings. The number of rotatable bonds is 7. The van der Waals surface area contributed by atoms with Crippen LogP contribution in [0, 0.1) is 6.92 Å². The number of urea groups is 1. The third-order valence-corrected chi connectivity index (χ3v) is 5.33. The molecule has 0 spiro atoms. The summed E-state index contributed by atoms with van der Waals surface area (Å²) in [6.45, 7) is 7.87. The van der Waals surface area contributed by atoms with Gasteiger partial charge >= 0.3 is 6.03 Å². The summed E-state index contributed by atoms with van der Waals surface area (Å²) in [5.74, 6) is 2.35. The van der Waals surface area contributed by atoms with Gasteiger partial charge in [0.05, 0.1) is 0 Å². The van der Waals surface area contributed by atoms with Crippen molar-refractivity contribution in [3.05, 3.63) is 78.6 Å². The lowest BCUT2D eigenvalue weighted by Gasteiger charge is -2.20. The molecule has 0 bridgehead atoms. The Labute approximate surface area is 193 Å². The third kappa shape index (κ3) is 5.57. The van der Waals surface area contributed by atoms with Crippen LogP contribution in [0.25, 0.3) is 10.8 Å². The second-order valence-corrected chi connectivity index (χ2v) is 7.67. The smallest absolute Gasteiger partial charge is 0.323 e. The van der Waals surface area contributed by atoms with E-state index in [1.807, 2.05) is 79.7 Å². The largest absolute Gasteiger partial charge is 0.357 e. The van der Waals surface area contributed by atoms with Gasteiger partial charge < -0.3 is 20.9 Å².